The van der Waals surface area contributed by atoms with E-state index in [1.165, 1.54) is 11.5 Å². The third-order valence-electron chi connectivity index (χ3n) is 1.62. The fourth-order valence-electron chi connectivity index (χ4n) is 1.02. The molecule has 1 radical (unpaired) electrons. The lowest BCUT2D eigenvalue weighted by molar-refractivity contribution is 1.15. The molecule has 0 fully saturated rings. The first-order valence-corrected chi connectivity index (χ1v) is 4.41. The third kappa shape index (κ3) is 1.23. The number of hydrogen-bond donors (Lipinski definition) is 0. The van der Waals surface area contributed by atoms with E-state index in [0.29, 0.717) is 0 Å². The highest BCUT2D eigenvalue weighted by molar-refractivity contribution is 7.05. The average molecular weight is 175 g/mol. The van der Waals surface area contributed by atoms with Gasteiger partial charge in [-0.2, -0.15) is 0 Å². The number of rotatable bonds is 1. The minimum absolute atomic E-state index is 0.945. The van der Waals surface area contributed by atoms with Crippen LogP contribution in [0.2, 0.25) is 0 Å². The zero-order valence-electron chi connectivity index (χ0n) is 6.61. The molecule has 0 bridgehead atoms. The molecule has 0 spiro atoms. The van der Waals surface area contributed by atoms with Crippen LogP contribution in [0.3, 0.4) is 0 Å². The predicted molar refractivity (Wildman–Crippen MR) is 48.9 cm³/mol. The second-order valence-corrected chi connectivity index (χ2v) is 3.41. The first-order valence-electron chi connectivity index (χ1n) is 3.64. The van der Waals surface area contributed by atoms with Crippen molar-refractivity contribution in [3.63, 3.8) is 0 Å². The van der Waals surface area contributed by atoms with Gasteiger partial charge in [-0.25, -0.2) is 0 Å². The van der Waals surface area contributed by atoms with Crippen LogP contribution in [-0.2, 0) is 0 Å². The summed E-state index contributed by atoms with van der Waals surface area (Å²) in [6.45, 7) is 2.01. The van der Waals surface area contributed by atoms with Gasteiger partial charge in [0.15, 0.2) is 0 Å². The van der Waals surface area contributed by atoms with Crippen molar-refractivity contribution in [2.45, 2.75) is 6.92 Å². The summed E-state index contributed by atoms with van der Waals surface area (Å²) >= 11 is 1.42. The monoisotopic (exact) mass is 175 g/mol. The van der Waals surface area contributed by atoms with E-state index >= 15 is 0 Å². The second-order valence-electron chi connectivity index (χ2n) is 2.45. The SMILES string of the molecule is Cc1snnc1-c1[c]cccc1. The quantitative estimate of drug-likeness (QED) is 0.664. The molecule has 0 atom stereocenters. The average Bonchev–Trinajstić information content (AvgIpc) is 2.53. The van der Waals surface area contributed by atoms with Gasteiger partial charge in [0.1, 0.15) is 5.69 Å². The molecule has 1 aromatic heterocycles. The number of benzene rings is 1. The van der Waals surface area contributed by atoms with Gasteiger partial charge in [-0.1, -0.05) is 28.8 Å². The Morgan fingerprint density at radius 1 is 1.42 bits per heavy atom. The summed E-state index contributed by atoms with van der Waals surface area (Å²) in [4.78, 5) is 1.14. The van der Waals surface area contributed by atoms with Gasteiger partial charge in [-0.3, -0.25) is 0 Å². The Labute approximate surface area is 75.0 Å². The number of hydrogen-bond acceptors (Lipinski definition) is 3. The summed E-state index contributed by atoms with van der Waals surface area (Å²) < 4.78 is 3.87. The van der Waals surface area contributed by atoms with Gasteiger partial charge in [0.05, 0.1) is 4.88 Å². The number of nitrogens with zero attached hydrogens (tertiary/aromatic N) is 2. The lowest BCUT2D eigenvalue weighted by Crippen LogP contribution is -1.79. The molecule has 0 saturated carbocycles. The maximum atomic E-state index is 4.02. The van der Waals surface area contributed by atoms with E-state index in [1.54, 1.807) is 0 Å². The van der Waals surface area contributed by atoms with Crippen molar-refractivity contribution >= 4 is 11.5 Å². The van der Waals surface area contributed by atoms with Gasteiger partial charge in [0.25, 0.3) is 0 Å². The van der Waals surface area contributed by atoms with Crippen molar-refractivity contribution in [1.29, 1.82) is 0 Å². The van der Waals surface area contributed by atoms with Crippen LogP contribution in [0.25, 0.3) is 11.3 Å². The highest BCUT2D eigenvalue weighted by Crippen LogP contribution is 2.21. The van der Waals surface area contributed by atoms with E-state index in [1.807, 2.05) is 31.2 Å². The maximum Gasteiger partial charge on any atom is 0.109 e. The first-order chi connectivity index (χ1) is 5.88. The zero-order chi connectivity index (χ0) is 8.39. The van der Waals surface area contributed by atoms with E-state index in [4.69, 9.17) is 0 Å². The van der Waals surface area contributed by atoms with E-state index in [9.17, 15) is 0 Å². The molecule has 12 heavy (non-hydrogen) atoms. The molecule has 0 aliphatic heterocycles. The second kappa shape index (κ2) is 3.03. The fourth-order valence-corrected chi connectivity index (χ4v) is 1.50. The molecular formula is C9H7N2S. The van der Waals surface area contributed by atoms with Gasteiger partial charge in [0, 0.05) is 5.56 Å². The van der Waals surface area contributed by atoms with Gasteiger partial charge in [-0.05, 0) is 24.5 Å². The highest BCUT2D eigenvalue weighted by Gasteiger charge is 2.04. The Hall–Kier alpha value is -1.22. The fraction of sp³-hybridized carbons (Fsp3) is 0.111. The van der Waals surface area contributed by atoms with E-state index in [0.717, 1.165) is 16.1 Å². The molecule has 0 saturated heterocycles. The molecule has 3 heteroatoms. The summed E-state index contributed by atoms with van der Waals surface area (Å²) in [6.07, 6.45) is 0. The topological polar surface area (TPSA) is 25.8 Å². The Balaban J connectivity index is 2.51. The van der Waals surface area contributed by atoms with Crippen molar-refractivity contribution in [3.8, 4) is 11.3 Å². The van der Waals surface area contributed by atoms with Crippen molar-refractivity contribution in [2.75, 3.05) is 0 Å². The lowest BCUT2D eigenvalue weighted by Gasteiger charge is -1.93. The summed E-state index contributed by atoms with van der Waals surface area (Å²) in [5.41, 5.74) is 1.96. The smallest absolute Gasteiger partial charge is 0.109 e. The third-order valence-corrected chi connectivity index (χ3v) is 2.25. The Morgan fingerprint density at radius 3 is 2.92 bits per heavy atom. The normalized spacial score (nSPS) is 10.1. The van der Waals surface area contributed by atoms with Crippen LogP contribution in [0.1, 0.15) is 4.88 Å². The van der Waals surface area contributed by atoms with Crippen LogP contribution < -0.4 is 0 Å². The zero-order valence-corrected chi connectivity index (χ0v) is 7.43. The lowest BCUT2D eigenvalue weighted by atomic mass is 10.1. The minimum Gasteiger partial charge on any atom is -0.138 e. The number of aryl methyl sites for hydroxylation is 1. The van der Waals surface area contributed by atoms with Crippen LogP contribution in [0.5, 0.6) is 0 Å². The molecular weight excluding hydrogens is 168 g/mol. The minimum atomic E-state index is 0.945. The highest BCUT2D eigenvalue weighted by atomic mass is 32.1. The molecule has 2 rings (SSSR count). The standard InChI is InChI=1S/C9H7N2S/c1-7-9(10-11-12-7)8-5-3-2-4-6-8/h2-5H,1H3. The molecule has 1 heterocycles. The van der Waals surface area contributed by atoms with Crippen LogP contribution in [0, 0.1) is 13.0 Å². The van der Waals surface area contributed by atoms with E-state index in [-0.39, 0.29) is 0 Å². The summed E-state index contributed by atoms with van der Waals surface area (Å²) in [5.74, 6) is 0. The molecule has 1 aromatic carbocycles. The number of aromatic nitrogens is 2. The predicted octanol–water partition coefficient (Wildman–Crippen LogP) is 2.31. The Kier molecular flexibility index (Phi) is 1.87. The molecule has 2 aromatic rings. The van der Waals surface area contributed by atoms with E-state index < -0.39 is 0 Å². The molecule has 59 valence electrons. The largest absolute Gasteiger partial charge is 0.138 e. The maximum absolute atomic E-state index is 4.02. The summed E-state index contributed by atoms with van der Waals surface area (Å²) in [5, 5.41) is 4.02. The first kappa shape index (κ1) is 7.43. The van der Waals surface area contributed by atoms with Crippen LogP contribution in [0.4, 0.5) is 0 Å². The van der Waals surface area contributed by atoms with Crippen LogP contribution in [-0.4, -0.2) is 9.59 Å². The van der Waals surface area contributed by atoms with Crippen LogP contribution >= 0.6 is 11.5 Å². The summed E-state index contributed by atoms with van der Waals surface area (Å²) in [7, 11) is 0. The van der Waals surface area contributed by atoms with Gasteiger partial charge < -0.3 is 0 Å². The van der Waals surface area contributed by atoms with Crippen molar-refractivity contribution in [2.24, 2.45) is 0 Å². The van der Waals surface area contributed by atoms with Gasteiger partial charge >= 0.3 is 0 Å². The molecule has 0 N–H and O–H groups in total. The molecule has 2 nitrogen and oxygen atoms in total. The summed E-state index contributed by atoms with van der Waals surface area (Å²) in [6, 6.07) is 10.9. The van der Waals surface area contributed by atoms with Crippen molar-refractivity contribution < 1.29 is 0 Å². The van der Waals surface area contributed by atoms with Crippen molar-refractivity contribution in [1.82, 2.24) is 9.59 Å². The molecule has 0 aliphatic rings. The van der Waals surface area contributed by atoms with Crippen LogP contribution in [0.15, 0.2) is 24.3 Å². The van der Waals surface area contributed by atoms with Crippen molar-refractivity contribution in [3.05, 3.63) is 35.2 Å². The van der Waals surface area contributed by atoms with Gasteiger partial charge in [0.2, 0.25) is 0 Å². The Morgan fingerprint density at radius 2 is 2.33 bits per heavy atom. The van der Waals surface area contributed by atoms with E-state index in [2.05, 4.69) is 15.7 Å². The molecule has 0 aliphatic carbocycles. The molecule has 0 unspecified atom stereocenters. The van der Waals surface area contributed by atoms with Gasteiger partial charge in [-0.15, -0.1) is 5.10 Å². The molecule has 0 amide bonds. The Bertz CT molecular complexity index is 367.